The van der Waals surface area contributed by atoms with E-state index in [2.05, 4.69) is 10.6 Å². The van der Waals surface area contributed by atoms with Crippen molar-refractivity contribution in [3.63, 3.8) is 0 Å². The predicted octanol–water partition coefficient (Wildman–Crippen LogP) is 4.44. The summed E-state index contributed by atoms with van der Waals surface area (Å²) in [6, 6.07) is 17.1. The molecule has 2 aromatic carbocycles. The smallest absolute Gasteiger partial charge is 0.329 e. The molecule has 1 aliphatic heterocycles. The van der Waals surface area contributed by atoms with Gasteiger partial charge >= 0.3 is 6.03 Å². The normalized spacial score (nSPS) is 14.8. The van der Waals surface area contributed by atoms with E-state index in [0.29, 0.717) is 22.2 Å². The molecule has 3 aromatic rings. The van der Waals surface area contributed by atoms with Gasteiger partial charge in [-0.05, 0) is 61.0 Å². The number of halogens is 1. The van der Waals surface area contributed by atoms with E-state index in [0.717, 1.165) is 16.0 Å². The van der Waals surface area contributed by atoms with E-state index in [9.17, 15) is 14.4 Å². The van der Waals surface area contributed by atoms with Crippen LogP contribution >= 0.6 is 11.6 Å². The van der Waals surface area contributed by atoms with Crippen molar-refractivity contribution in [1.82, 2.24) is 10.2 Å². The summed E-state index contributed by atoms with van der Waals surface area (Å²) in [6.45, 7) is 1.50. The molecule has 0 radical (unpaired) electrons. The van der Waals surface area contributed by atoms with Crippen LogP contribution in [0.4, 0.5) is 10.5 Å². The molecular formula is C23H18ClN3O4. The van der Waals surface area contributed by atoms with E-state index in [1.807, 2.05) is 25.1 Å². The molecule has 7 nitrogen and oxygen atoms in total. The average molecular weight is 436 g/mol. The lowest BCUT2D eigenvalue weighted by molar-refractivity contribution is -0.127. The zero-order valence-electron chi connectivity index (χ0n) is 16.5. The van der Waals surface area contributed by atoms with E-state index in [-0.39, 0.29) is 5.70 Å². The highest BCUT2D eigenvalue weighted by Crippen LogP contribution is 2.25. The van der Waals surface area contributed by atoms with Crippen LogP contribution in [0.15, 0.2) is 70.8 Å². The number of rotatable bonds is 5. The summed E-state index contributed by atoms with van der Waals surface area (Å²) < 4.78 is 5.74. The van der Waals surface area contributed by atoms with Gasteiger partial charge in [-0.1, -0.05) is 23.7 Å². The Morgan fingerprint density at radius 2 is 1.90 bits per heavy atom. The zero-order valence-corrected chi connectivity index (χ0v) is 17.3. The van der Waals surface area contributed by atoms with Gasteiger partial charge in [-0.25, -0.2) is 9.69 Å². The van der Waals surface area contributed by atoms with E-state index >= 15 is 0 Å². The van der Waals surface area contributed by atoms with Crippen LogP contribution in [0, 0.1) is 6.92 Å². The van der Waals surface area contributed by atoms with Crippen molar-refractivity contribution in [3.8, 4) is 11.3 Å². The van der Waals surface area contributed by atoms with Crippen molar-refractivity contribution < 1.29 is 18.8 Å². The number of furan rings is 1. The molecule has 0 unspecified atom stereocenters. The van der Waals surface area contributed by atoms with Gasteiger partial charge in [0.25, 0.3) is 5.91 Å². The van der Waals surface area contributed by atoms with Gasteiger partial charge in [0.15, 0.2) is 0 Å². The number of benzene rings is 2. The first-order chi connectivity index (χ1) is 14.9. The summed E-state index contributed by atoms with van der Waals surface area (Å²) in [6.07, 6.45) is 1.43. The SMILES string of the molecule is Cc1cccc(NC(=O)CN2C(=O)N/C(=C\c3ccc(-c4ccc(Cl)cc4)o3)C2=O)c1. The van der Waals surface area contributed by atoms with Crippen molar-refractivity contribution in [2.45, 2.75) is 6.92 Å². The number of nitrogens with one attached hydrogen (secondary N) is 2. The van der Waals surface area contributed by atoms with Crippen LogP contribution in [0.5, 0.6) is 0 Å². The van der Waals surface area contributed by atoms with Gasteiger partial charge in [0.2, 0.25) is 5.91 Å². The number of amides is 4. The van der Waals surface area contributed by atoms with Crippen molar-refractivity contribution in [1.29, 1.82) is 0 Å². The molecule has 0 atom stereocenters. The molecule has 0 spiro atoms. The Bertz CT molecular complexity index is 1200. The minimum absolute atomic E-state index is 0.0327. The Morgan fingerprint density at radius 1 is 1.13 bits per heavy atom. The van der Waals surface area contributed by atoms with Gasteiger partial charge < -0.3 is 15.1 Å². The summed E-state index contributed by atoms with van der Waals surface area (Å²) in [4.78, 5) is 38.0. The number of nitrogens with zero attached hydrogens (tertiary/aromatic N) is 1. The van der Waals surface area contributed by atoms with Crippen LogP contribution in [-0.2, 0) is 9.59 Å². The molecule has 4 amide bonds. The quantitative estimate of drug-likeness (QED) is 0.457. The minimum Gasteiger partial charge on any atom is -0.457 e. The van der Waals surface area contributed by atoms with Crippen molar-refractivity contribution >= 4 is 41.2 Å². The highest BCUT2D eigenvalue weighted by atomic mass is 35.5. The number of urea groups is 1. The number of imide groups is 1. The number of carbonyl (C=O) groups excluding carboxylic acids is 3. The van der Waals surface area contributed by atoms with Crippen LogP contribution in [0.1, 0.15) is 11.3 Å². The second-order valence-electron chi connectivity index (χ2n) is 7.01. The van der Waals surface area contributed by atoms with Crippen LogP contribution < -0.4 is 10.6 Å². The van der Waals surface area contributed by atoms with E-state index in [4.69, 9.17) is 16.0 Å². The van der Waals surface area contributed by atoms with Crippen LogP contribution in [0.3, 0.4) is 0 Å². The van der Waals surface area contributed by atoms with Crippen LogP contribution in [0.25, 0.3) is 17.4 Å². The maximum atomic E-state index is 12.6. The largest absolute Gasteiger partial charge is 0.457 e. The monoisotopic (exact) mass is 435 g/mol. The molecule has 1 saturated heterocycles. The van der Waals surface area contributed by atoms with Crippen molar-refractivity contribution in [3.05, 3.63) is 82.7 Å². The number of anilines is 1. The summed E-state index contributed by atoms with van der Waals surface area (Å²) in [5.74, 6) is -0.0958. The summed E-state index contributed by atoms with van der Waals surface area (Å²) in [5.41, 5.74) is 2.43. The van der Waals surface area contributed by atoms with Gasteiger partial charge in [-0.2, -0.15) is 0 Å². The maximum Gasteiger partial charge on any atom is 0.329 e. The number of hydrogen-bond donors (Lipinski definition) is 2. The standard InChI is InChI=1S/C23H18ClN3O4/c1-14-3-2-4-17(11-14)25-21(28)13-27-22(29)19(26-23(27)30)12-18-9-10-20(31-18)15-5-7-16(24)8-6-15/h2-12H,13H2,1H3,(H,25,28)(H,26,30)/b19-12-. The fraction of sp³-hybridized carbons (Fsp3) is 0.0870. The fourth-order valence-electron chi connectivity index (χ4n) is 3.12. The fourth-order valence-corrected chi connectivity index (χ4v) is 3.25. The Balaban J connectivity index is 1.45. The van der Waals surface area contributed by atoms with Crippen LogP contribution in [-0.4, -0.2) is 29.3 Å². The highest BCUT2D eigenvalue weighted by Gasteiger charge is 2.35. The Morgan fingerprint density at radius 3 is 2.65 bits per heavy atom. The second kappa shape index (κ2) is 8.49. The maximum absolute atomic E-state index is 12.6. The highest BCUT2D eigenvalue weighted by molar-refractivity contribution is 6.30. The first-order valence-electron chi connectivity index (χ1n) is 9.46. The van der Waals surface area contributed by atoms with E-state index in [1.165, 1.54) is 6.08 Å². The molecule has 0 aliphatic carbocycles. The molecule has 1 fully saturated rings. The molecule has 8 heteroatoms. The topological polar surface area (TPSA) is 91.7 Å². The number of hydrogen-bond acceptors (Lipinski definition) is 4. The summed E-state index contributed by atoms with van der Waals surface area (Å²) >= 11 is 5.90. The third-order valence-corrected chi connectivity index (χ3v) is 4.86. The van der Waals surface area contributed by atoms with Crippen LogP contribution in [0.2, 0.25) is 5.02 Å². The first kappa shape index (κ1) is 20.4. The lowest BCUT2D eigenvalue weighted by Crippen LogP contribution is -2.38. The van der Waals surface area contributed by atoms with E-state index < -0.39 is 24.4 Å². The third kappa shape index (κ3) is 4.67. The summed E-state index contributed by atoms with van der Waals surface area (Å²) in [5, 5.41) is 5.77. The zero-order chi connectivity index (χ0) is 22.0. The Kier molecular flexibility index (Phi) is 5.60. The molecule has 156 valence electrons. The van der Waals surface area contributed by atoms with Gasteiger partial charge in [0.05, 0.1) is 0 Å². The molecule has 31 heavy (non-hydrogen) atoms. The lowest BCUT2D eigenvalue weighted by atomic mass is 10.2. The minimum atomic E-state index is -0.667. The Hall–Kier alpha value is -3.84. The molecule has 2 N–H and O–H groups in total. The summed E-state index contributed by atoms with van der Waals surface area (Å²) in [7, 11) is 0. The number of carbonyl (C=O) groups is 3. The molecule has 0 bridgehead atoms. The van der Waals surface area contributed by atoms with E-state index in [1.54, 1.807) is 42.5 Å². The Labute approximate surface area is 183 Å². The molecule has 1 aromatic heterocycles. The first-order valence-corrected chi connectivity index (χ1v) is 9.84. The molecule has 0 saturated carbocycles. The number of aryl methyl sites for hydroxylation is 1. The molecule has 4 rings (SSSR count). The molecule has 1 aliphatic rings. The van der Waals surface area contributed by atoms with Crippen molar-refractivity contribution in [2.24, 2.45) is 0 Å². The molecular weight excluding hydrogens is 418 g/mol. The van der Waals surface area contributed by atoms with Gasteiger partial charge in [-0.3, -0.25) is 9.59 Å². The third-order valence-electron chi connectivity index (χ3n) is 4.61. The van der Waals surface area contributed by atoms with Gasteiger partial charge in [0, 0.05) is 22.3 Å². The predicted molar refractivity (Wildman–Crippen MR) is 117 cm³/mol. The second-order valence-corrected chi connectivity index (χ2v) is 7.44. The average Bonchev–Trinajstić information content (AvgIpc) is 3.29. The van der Waals surface area contributed by atoms with Gasteiger partial charge in [0.1, 0.15) is 23.8 Å². The lowest BCUT2D eigenvalue weighted by Gasteiger charge is -2.12. The molecule has 2 heterocycles. The van der Waals surface area contributed by atoms with Crippen molar-refractivity contribution in [2.75, 3.05) is 11.9 Å². The van der Waals surface area contributed by atoms with Gasteiger partial charge in [-0.15, -0.1) is 0 Å².